The predicted molar refractivity (Wildman–Crippen MR) is 118 cm³/mol. The van der Waals surface area contributed by atoms with E-state index in [4.69, 9.17) is 5.11 Å². The zero-order valence-corrected chi connectivity index (χ0v) is 18.3. The van der Waals surface area contributed by atoms with Gasteiger partial charge in [0.1, 0.15) is 0 Å². The zero-order chi connectivity index (χ0) is 19.1. The number of carboxylic acid groups (broad SMARTS) is 1. The number of rotatable bonds is 22. The monoisotopic (exact) mass is 386 g/mol. The molecular weight excluding hydrogens is 340 g/mol. The molecule has 0 aliphatic heterocycles. The number of carboxylic acids is 1. The van der Waals surface area contributed by atoms with Crippen molar-refractivity contribution in [2.75, 3.05) is 5.75 Å². The summed E-state index contributed by atoms with van der Waals surface area (Å²) >= 11 is 4.25. The van der Waals surface area contributed by atoms with E-state index in [1.807, 2.05) is 0 Å². The molecule has 0 aromatic rings. The molecule has 0 atom stereocenters. The summed E-state index contributed by atoms with van der Waals surface area (Å²) in [6.07, 6.45) is 27.3. The van der Waals surface area contributed by atoms with Crippen LogP contribution in [0, 0.1) is 0 Å². The number of aliphatic carboxylic acids is 1. The van der Waals surface area contributed by atoms with Crippen molar-refractivity contribution >= 4 is 18.6 Å². The van der Waals surface area contributed by atoms with Crippen molar-refractivity contribution in [1.29, 1.82) is 0 Å². The first-order chi connectivity index (χ1) is 12.8. The van der Waals surface area contributed by atoms with Crippen LogP contribution in [0.4, 0.5) is 0 Å². The Hall–Kier alpha value is -0.180. The molecule has 2 nitrogen and oxygen atoms in total. The van der Waals surface area contributed by atoms with E-state index >= 15 is 0 Å². The smallest absolute Gasteiger partial charge is 0.303 e. The van der Waals surface area contributed by atoms with Crippen LogP contribution < -0.4 is 0 Å². The van der Waals surface area contributed by atoms with Gasteiger partial charge in [-0.25, -0.2) is 0 Å². The molecule has 0 fully saturated rings. The minimum Gasteiger partial charge on any atom is -0.481 e. The third-order valence-electron chi connectivity index (χ3n) is 5.30. The van der Waals surface area contributed by atoms with Crippen LogP contribution in [0.15, 0.2) is 0 Å². The quantitative estimate of drug-likeness (QED) is 0.145. The molecule has 0 saturated carbocycles. The minimum absolute atomic E-state index is 0.344. The summed E-state index contributed by atoms with van der Waals surface area (Å²) in [5.74, 6) is 0.399. The van der Waals surface area contributed by atoms with Crippen LogP contribution in [0.25, 0.3) is 0 Å². The van der Waals surface area contributed by atoms with Crippen molar-refractivity contribution in [2.45, 2.75) is 135 Å². The molecule has 1 N–H and O–H groups in total. The van der Waals surface area contributed by atoms with E-state index in [0.717, 1.165) is 18.6 Å². The second kappa shape index (κ2) is 22.9. The standard InChI is InChI=1S/C23H46O2S/c24-23(25)21-19-17-15-13-11-9-7-5-3-1-2-4-6-8-10-12-14-16-18-20-22-26/h26H,1-22H2,(H,24,25). The summed E-state index contributed by atoms with van der Waals surface area (Å²) in [5.41, 5.74) is 0. The van der Waals surface area contributed by atoms with E-state index in [1.54, 1.807) is 0 Å². The predicted octanol–water partition coefficient (Wildman–Crippen LogP) is 8.19. The normalized spacial score (nSPS) is 11.1. The third-order valence-corrected chi connectivity index (χ3v) is 5.61. The molecule has 0 unspecified atom stereocenters. The van der Waals surface area contributed by atoms with E-state index in [0.29, 0.717) is 6.42 Å². The van der Waals surface area contributed by atoms with E-state index in [1.165, 1.54) is 116 Å². The largest absolute Gasteiger partial charge is 0.481 e. The molecule has 0 saturated heterocycles. The highest BCUT2D eigenvalue weighted by molar-refractivity contribution is 7.80. The lowest BCUT2D eigenvalue weighted by atomic mass is 10.0. The van der Waals surface area contributed by atoms with Crippen molar-refractivity contribution in [3.63, 3.8) is 0 Å². The highest BCUT2D eigenvalue weighted by Crippen LogP contribution is 2.15. The molecule has 0 aliphatic carbocycles. The van der Waals surface area contributed by atoms with Gasteiger partial charge in [-0.1, -0.05) is 116 Å². The summed E-state index contributed by atoms with van der Waals surface area (Å²) in [5, 5.41) is 8.57. The van der Waals surface area contributed by atoms with Gasteiger partial charge in [-0.3, -0.25) is 4.79 Å². The summed E-state index contributed by atoms with van der Waals surface area (Å²) in [6.45, 7) is 0. The highest BCUT2D eigenvalue weighted by Gasteiger charge is 1.97. The first kappa shape index (κ1) is 25.8. The molecule has 3 heteroatoms. The van der Waals surface area contributed by atoms with Crippen molar-refractivity contribution in [3.8, 4) is 0 Å². The Morgan fingerprint density at radius 1 is 0.462 bits per heavy atom. The molecule has 0 rings (SSSR count). The van der Waals surface area contributed by atoms with E-state index < -0.39 is 5.97 Å². The summed E-state index contributed by atoms with van der Waals surface area (Å²) in [7, 11) is 0. The first-order valence-electron chi connectivity index (χ1n) is 11.6. The van der Waals surface area contributed by atoms with Gasteiger partial charge in [-0.15, -0.1) is 0 Å². The Labute approximate surface area is 169 Å². The van der Waals surface area contributed by atoms with E-state index in [9.17, 15) is 4.79 Å². The summed E-state index contributed by atoms with van der Waals surface area (Å²) < 4.78 is 0. The molecule has 0 amide bonds. The van der Waals surface area contributed by atoms with Crippen LogP contribution >= 0.6 is 12.6 Å². The molecule has 0 bridgehead atoms. The second-order valence-electron chi connectivity index (χ2n) is 7.94. The molecule has 0 aromatic carbocycles. The summed E-state index contributed by atoms with van der Waals surface area (Å²) in [4.78, 5) is 10.4. The number of thiol groups is 1. The second-order valence-corrected chi connectivity index (χ2v) is 8.39. The van der Waals surface area contributed by atoms with Crippen LogP contribution in [-0.2, 0) is 4.79 Å². The lowest BCUT2D eigenvalue weighted by molar-refractivity contribution is -0.137. The average molecular weight is 387 g/mol. The Kier molecular flexibility index (Phi) is 22.7. The number of unbranched alkanes of at least 4 members (excludes halogenated alkanes) is 19. The van der Waals surface area contributed by atoms with Crippen molar-refractivity contribution < 1.29 is 9.90 Å². The maximum atomic E-state index is 10.4. The van der Waals surface area contributed by atoms with Gasteiger partial charge in [0.25, 0.3) is 0 Å². The lowest BCUT2D eigenvalue weighted by Gasteiger charge is -2.04. The topological polar surface area (TPSA) is 37.3 Å². The van der Waals surface area contributed by atoms with Gasteiger partial charge in [0.05, 0.1) is 0 Å². The molecule has 0 aromatic heterocycles. The van der Waals surface area contributed by atoms with Crippen molar-refractivity contribution in [1.82, 2.24) is 0 Å². The Morgan fingerprint density at radius 2 is 0.692 bits per heavy atom. The zero-order valence-electron chi connectivity index (χ0n) is 17.4. The maximum Gasteiger partial charge on any atom is 0.303 e. The Morgan fingerprint density at radius 3 is 0.923 bits per heavy atom. The van der Waals surface area contributed by atoms with Gasteiger partial charge in [-0.2, -0.15) is 12.6 Å². The SMILES string of the molecule is O=C(O)CCCCCCCCCCCCCCCCCCCCCCS. The van der Waals surface area contributed by atoms with Crippen LogP contribution in [0.1, 0.15) is 135 Å². The van der Waals surface area contributed by atoms with E-state index in [2.05, 4.69) is 12.6 Å². The molecular formula is C23H46O2S. The van der Waals surface area contributed by atoms with Crippen LogP contribution in [0.3, 0.4) is 0 Å². The molecule has 0 heterocycles. The molecule has 0 aliphatic rings. The highest BCUT2D eigenvalue weighted by atomic mass is 32.1. The van der Waals surface area contributed by atoms with Gasteiger partial charge in [-0.05, 0) is 18.6 Å². The van der Waals surface area contributed by atoms with Gasteiger partial charge >= 0.3 is 5.97 Å². The molecule has 26 heavy (non-hydrogen) atoms. The number of carbonyl (C=O) groups is 1. The maximum absolute atomic E-state index is 10.4. The van der Waals surface area contributed by atoms with Crippen LogP contribution in [0.5, 0.6) is 0 Å². The number of hydrogen-bond acceptors (Lipinski definition) is 2. The Bertz CT molecular complexity index is 281. The fraction of sp³-hybridized carbons (Fsp3) is 0.957. The Balaban J connectivity index is 2.98. The van der Waals surface area contributed by atoms with Crippen molar-refractivity contribution in [3.05, 3.63) is 0 Å². The fourth-order valence-electron chi connectivity index (χ4n) is 3.57. The lowest BCUT2D eigenvalue weighted by Crippen LogP contribution is -1.93. The van der Waals surface area contributed by atoms with Gasteiger partial charge in [0.2, 0.25) is 0 Å². The van der Waals surface area contributed by atoms with Gasteiger partial charge in [0.15, 0.2) is 0 Å². The summed E-state index contributed by atoms with van der Waals surface area (Å²) in [6, 6.07) is 0. The van der Waals surface area contributed by atoms with Gasteiger partial charge < -0.3 is 5.11 Å². The van der Waals surface area contributed by atoms with Gasteiger partial charge in [0, 0.05) is 6.42 Å². The van der Waals surface area contributed by atoms with E-state index in [-0.39, 0.29) is 0 Å². The third kappa shape index (κ3) is 23.8. The fourth-order valence-corrected chi connectivity index (χ4v) is 3.79. The van der Waals surface area contributed by atoms with Crippen molar-refractivity contribution in [2.24, 2.45) is 0 Å². The van der Waals surface area contributed by atoms with Crippen LogP contribution in [0.2, 0.25) is 0 Å². The number of hydrogen-bond donors (Lipinski definition) is 2. The van der Waals surface area contributed by atoms with Crippen LogP contribution in [-0.4, -0.2) is 16.8 Å². The molecule has 156 valence electrons. The average Bonchev–Trinajstić information content (AvgIpc) is 2.62. The molecule has 0 radical (unpaired) electrons. The first-order valence-corrected chi connectivity index (χ1v) is 12.2. The molecule has 0 spiro atoms. The minimum atomic E-state index is -0.652.